The lowest BCUT2D eigenvalue weighted by molar-refractivity contribution is -0.138. The minimum atomic E-state index is -0.989. The summed E-state index contributed by atoms with van der Waals surface area (Å²) in [5, 5.41) is 9.88. The average molecular weight is 281 g/mol. The van der Waals surface area contributed by atoms with Gasteiger partial charge in [0.2, 0.25) is 0 Å². The molecule has 0 spiro atoms. The minimum absolute atomic E-state index is 0.315. The Morgan fingerprint density at radius 1 is 1.14 bits per heavy atom. The van der Waals surface area contributed by atoms with E-state index in [9.17, 15) is 4.79 Å². The average Bonchev–Trinajstić information content (AvgIpc) is 2.91. The molecular formula is C17H15NO3. The summed E-state index contributed by atoms with van der Waals surface area (Å²) in [5.74, 6) is -0.193. The van der Waals surface area contributed by atoms with Crippen molar-refractivity contribution in [2.75, 3.05) is 0 Å². The van der Waals surface area contributed by atoms with Gasteiger partial charge in [-0.25, -0.2) is 0 Å². The van der Waals surface area contributed by atoms with E-state index in [4.69, 9.17) is 15.3 Å². The highest BCUT2D eigenvalue weighted by molar-refractivity contribution is 5.82. The van der Waals surface area contributed by atoms with E-state index in [1.807, 2.05) is 54.6 Å². The molecule has 0 amide bonds. The summed E-state index contributed by atoms with van der Waals surface area (Å²) < 4.78 is 5.79. The van der Waals surface area contributed by atoms with Gasteiger partial charge in [0.1, 0.15) is 17.4 Å². The van der Waals surface area contributed by atoms with Crippen LogP contribution in [0.5, 0.6) is 0 Å². The summed E-state index contributed by atoms with van der Waals surface area (Å²) in [6.07, 6.45) is 0.315. The van der Waals surface area contributed by atoms with Crippen LogP contribution < -0.4 is 5.73 Å². The monoisotopic (exact) mass is 281 g/mol. The second kappa shape index (κ2) is 5.42. The van der Waals surface area contributed by atoms with E-state index in [1.54, 1.807) is 0 Å². The van der Waals surface area contributed by atoms with E-state index >= 15 is 0 Å². The zero-order valence-corrected chi connectivity index (χ0v) is 11.3. The lowest BCUT2D eigenvalue weighted by atomic mass is 10.0. The first-order valence-corrected chi connectivity index (χ1v) is 6.70. The molecule has 21 heavy (non-hydrogen) atoms. The number of furan rings is 1. The van der Waals surface area contributed by atoms with E-state index in [0.29, 0.717) is 6.42 Å². The zero-order chi connectivity index (χ0) is 14.8. The quantitative estimate of drug-likeness (QED) is 0.770. The van der Waals surface area contributed by atoms with Gasteiger partial charge in [-0.1, -0.05) is 42.5 Å². The van der Waals surface area contributed by atoms with Gasteiger partial charge in [-0.05, 0) is 24.1 Å². The predicted molar refractivity (Wildman–Crippen MR) is 81.0 cm³/mol. The predicted octanol–water partition coefficient (Wildman–Crippen LogP) is 3.05. The van der Waals surface area contributed by atoms with Crippen molar-refractivity contribution in [2.45, 2.75) is 12.5 Å². The number of fused-ring (bicyclic) bond motifs is 1. The molecule has 4 heteroatoms. The van der Waals surface area contributed by atoms with Crippen LogP contribution in [0.4, 0.5) is 0 Å². The molecule has 0 saturated carbocycles. The normalized spacial score (nSPS) is 12.4. The Morgan fingerprint density at radius 2 is 1.86 bits per heavy atom. The number of rotatable bonds is 4. The van der Waals surface area contributed by atoms with Gasteiger partial charge in [-0.3, -0.25) is 4.79 Å². The highest BCUT2D eigenvalue weighted by Crippen LogP contribution is 2.27. The lowest BCUT2D eigenvalue weighted by Crippen LogP contribution is -2.32. The van der Waals surface area contributed by atoms with Crippen molar-refractivity contribution >= 4 is 16.9 Å². The van der Waals surface area contributed by atoms with Crippen molar-refractivity contribution in [3.8, 4) is 11.3 Å². The fraction of sp³-hybridized carbons (Fsp3) is 0.118. The van der Waals surface area contributed by atoms with Crippen LogP contribution >= 0.6 is 0 Å². The van der Waals surface area contributed by atoms with E-state index in [2.05, 4.69) is 0 Å². The Kier molecular flexibility index (Phi) is 3.46. The summed E-state index contributed by atoms with van der Waals surface area (Å²) >= 11 is 0. The van der Waals surface area contributed by atoms with Crippen LogP contribution in [0.25, 0.3) is 22.3 Å². The van der Waals surface area contributed by atoms with Gasteiger partial charge in [0, 0.05) is 10.9 Å². The molecule has 3 aromatic rings. The van der Waals surface area contributed by atoms with Crippen molar-refractivity contribution in [2.24, 2.45) is 5.73 Å². The highest BCUT2D eigenvalue weighted by Gasteiger charge is 2.12. The second-order valence-electron chi connectivity index (χ2n) is 4.99. The first-order chi connectivity index (χ1) is 10.1. The molecule has 1 aromatic heterocycles. The SMILES string of the molecule is N[C@@H](Cc1ccc(-c2cc3ccccc3o2)cc1)C(=O)O. The Balaban J connectivity index is 1.85. The topological polar surface area (TPSA) is 76.5 Å². The summed E-state index contributed by atoms with van der Waals surface area (Å²) in [5.41, 5.74) is 8.23. The molecule has 0 fully saturated rings. The van der Waals surface area contributed by atoms with Crippen molar-refractivity contribution in [3.63, 3.8) is 0 Å². The van der Waals surface area contributed by atoms with Crippen LogP contribution in [0.2, 0.25) is 0 Å². The number of hydrogen-bond acceptors (Lipinski definition) is 3. The number of nitrogens with two attached hydrogens (primary N) is 1. The van der Waals surface area contributed by atoms with Gasteiger partial charge in [0.05, 0.1) is 0 Å². The highest BCUT2D eigenvalue weighted by atomic mass is 16.4. The summed E-state index contributed by atoms with van der Waals surface area (Å²) in [7, 11) is 0. The van der Waals surface area contributed by atoms with Gasteiger partial charge in [0.25, 0.3) is 0 Å². The molecule has 0 saturated heterocycles. The van der Waals surface area contributed by atoms with Crippen LogP contribution in [0.15, 0.2) is 59.0 Å². The lowest BCUT2D eigenvalue weighted by Gasteiger charge is -2.06. The maximum Gasteiger partial charge on any atom is 0.320 e. The van der Waals surface area contributed by atoms with Crippen LogP contribution in [-0.2, 0) is 11.2 Å². The largest absolute Gasteiger partial charge is 0.480 e. The summed E-state index contributed by atoms with van der Waals surface area (Å²) in [6.45, 7) is 0. The number of carboxylic acid groups (broad SMARTS) is 1. The molecule has 0 radical (unpaired) electrons. The first kappa shape index (κ1) is 13.4. The summed E-state index contributed by atoms with van der Waals surface area (Å²) in [4.78, 5) is 10.8. The molecule has 0 unspecified atom stereocenters. The number of carbonyl (C=O) groups is 1. The Labute approximate surface area is 121 Å². The van der Waals surface area contributed by atoms with Gasteiger partial charge in [-0.2, -0.15) is 0 Å². The van der Waals surface area contributed by atoms with E-state index < -0.39 is 12.0 Å². The molecule has 1 heterocycles. The molecule has 0 aliphatic rings. The third-order valence-corrected chi connectivity index (χ3v) is 3.44. The zero-order valence-electron chi connectivity index (χ0n) is 11.3. The molecule has 106 valence electrons. The number of aliphatic carboxylic acids is 1. The molecule has 3 rings (SSSR count). The molecule has 2 aromatic carbocycles. The number of para-hydroxylation sites is 1. The Hall–Kier alpha value is -2.59. The Morgan fingerprint density at radius 3 is 2.52 bits per heavy atom. The molecule has 0 bridgehead atoms. The van der Waals surface area contributed by atoms with Crippen molar-refractivity contribution in [1.82, 2.24) is 0 Å². The van der Waals surface area contributed by atoms with Crippen LogP contribution in [0.1, 0.15) is 5.56 Å². The van der Waals surface area contributed by atoms with Crippen molar-refractivity contribution in [1.29, 1.82) is 0 Å². The summed E-state index contributed by atoms with van der Waals surface area (Å²) in [6, 6.07) is 16.6. The van der Waals surface area contributed by atoms with Crippen molar-refractivity contribution in [3.05, 3.63) is 60.2 Å². The van der Waals surface area contributed by atoms with Gasteiger partial charge in [0.15, 0.2) is 0 Å². The first-order valence-electron chi connectivity index (χ1n) is 6.70. The van der Waals surface area contributed by atoms with E-state index in [0.717, 1.165) is 27.9 Å². The molecule has 1 atom stereocenters. The maximum atomic E-state index is 10.8. The van der Waals surface area contributed by atoms with Crippen LogP contribution in [0, 0.1) is 0 Å². The second-order valence-corrected chi connectivity index (χ2v) is 4.99. The van der Waals surface area contributed by atoms with Gasteiger partial charge < -0.3 is 15.3 Å². The minimum Gasteiger partial charge on any atom is -0.480 e. The number of benzene rings is 2. The van der Waals surface area contributed by atoms with E-state index in [1.165, 1.54) is 0 Å². The maximum absolute atomic E-state index is 10.8. The molecule has 3 N–H and O–H groups in total. The number of hydrogen-bond donors (Lipinski definition) is 2. The molecule has 0 aliphatic heterocycles. The molecular weight excluding hydrogens is 266 g/mol. The number of carboxylic acids is 1. The molecule has 0 aliphatic carbocycles. The van der Waals surface area contributed by atoms with E-state index in [-0.39, 0.29) is 0 Å². The fourth-order valence-corrected chi connectivity index (χ4v) is 2.27. The van der Waals surface area contributed by atoms with Gasteiger partial charge >= 0.3 is 5.97 Å². The molecule has 4 nitrogen and oxygen atoms in total. The third-order valence-electron chi connectivity index (χ3n) is 3.44. The van der Waals surface area contributed by atoms with Crippen molar-refractivity contribution < 1.29 is 14.3 Å². The Bertz CT molecular complexity index is 741. The van der Waals surface area contributed by atoms with Gasteiger partial charge in [-0.15, -0.1) is 0 Å². The van der Waals surface area contributed by atoms with Crippen LogP contribution in [0.3, 0.4) is 0 Å². The van der Waals surface area contributed by atoms with Crippen LogP contribution in [-0.4, -0.2) is 17.1 Å². The third kappa shape index (κ3) is 2.80. The standard InChI is InChI=1S/C17H15NO3/c18-14(17(19)20)9-11-5-7-12(8-6-11)16-10-13-3-1-2-4-15(13)21-16/h1-8,10,14H,9,18H2,(H,19,20)/t14-/m0/s1. The fourth-order valence-electron chi connectivity index (χ4n) is 2.27. The smallest absolute Gasteiger partial charge is 0.320 e.